The summed E-state index contributed by atoms with van der Waals surface area (Å²) in [6.07, 6.45) is 0.915. The minimum absolute atomic E-state index is 0.149. The molecule has 154 valence electrons. The minimum atomic E-state index is -0.561. The van der Waals surface area contributed by atoms with Gasteiger partial charge in [-0.2, -0.15) is 0 Å². The van der Waals surface area contributed by atoms with E-state index in [0.717, 1.165) is 18.7 Å². The van der Waals surface area contributed by atoms with Crippen LogP contribution in [-0.4, -0.2) is 63.5 Å². The Morgan fingerprint density at radius 3 is 2.75 bits per heavy atom. The fourth-order valence-corrected chi connectivity index (χ4v) is 3.48. The second-order valence-electron chi connectivity index (χ2n) is 7.03. The van der Waals surface area contributed by atoms with Crippen LogP contribution in [0.15, 0.2) is 35.5 Å². The number of ether oxygens (including phenoxy) is 2. The summed E-state index contributed by atoms with van der Waals surface area (Å²) in [6.45, 7) is 3.98. The van der Waals surface area contributed by atoms with Gasteiger partial charge in [0.25, 0.3) is 0 Å². The van der Waals surface area contributed by atoms with Crippen molar-refractivity contribution < 1.29 is 23.6 Å². The number of carbonyl (C=O) groups is 1. The molecule has 1 heterocycles. The highest BCUT2D eigenvalue weighted by molar-refractivity contribution is 7.80. The van der Waals surface area contributed by atoms with E-state index >= 15 is 0 Å². The molecule has 1 aliphatic rings. The topological polar surface area (TPSA) is 55.2 Å². The first-order chi connectivity index (χ1) is 13.3. The number of carbonyl (C=O) groups excluding carboxylic acids is 1. The third-order valence-electron chi connectivity index (χ3n) is 4.58. The first-order valence-corrected chi connectivity index (χ1v) is 9.75. The summed E-state index contributed by atoms with van der Waals surface area (Å²) in [4.78, 5) is 16.1. The lowest BCUT2D eigenvalue weighted by atomic mass is 9.95. The highest BCUT2D eigenvalue weighted by atomic mass is 32.1. The van der Waals surface area contributed by atoms with Crippen molar-refractivity contribution in [2.75, 3.05) is 47.5 Å². The second-order valence-corrected chi connectivity index (χ2v) is 7.41. The number of benzene rings is 1. The summed E-state index contributed by atoms with van der Waals surface area (Å²) in [5.41, 5.74) is 1.79. The Morgan fingerprint density at radius 1 is 1.36 bits per heavy atom. The summed E-state index contributed by atoms with van der Waals surface area (Å²) >= 11 is 5.55. The number of esters is 1. The Labute approximate surface area is 171 Å². The maximum absolute atomic E-state index is 13.8. The molecule has 1 aromatic carbocycles. The standard InChI is InChI=1S/C20H28FN3O3S/c1-14-17(19(25)27-12-11-26-4)18(15-7-5-8-16(21)13-15)22-20(28)24(14)10-6-9-23(2)3/h5,7-8,13,18H,6,9-12H2,1-4H3,(H,22,28)/p+1/t18-/m0/s1. The number of quaternary nitrogens is 1. The number of allylic oxidation sites excluding steroid dienone is 1. The molecule has 0 spiro atoms. The Bertz CT molecular complexity index is 739. The average Bonchev–Trinajstić information content (AvgIpc) is 2.63. The Hall–Kier alpha value is -2.03. The Balaban J connectivity index is 2.35. The number of halogens is 1. The van der Waals surface area contributed by atoms with Gasteiger partial charge in [-0.3, -0.25) is 0 Å². The van der Waals surface area contributed by atoms with Gasteiger partial charge in [0, 0.05) is 25.8 Å². The van der Waals surface area contributed by atoms with Crippen LogP contribution in [0.4, 0.5) is 4.39 Å². The van der Waals surface area contributed by atoms with Crippen molar-refractivity contribution in [3.05, 3.63) is 46.9 Å². The fraction of sp³-hybridized carbons (Fsp3) is 0.500. The molecular weight excluding hydrogens is 381 g/mol. The van der Waals surface area contributed by atoms with Crippen molar-refractivity contribution >= 4 is 23.3 Å². The first-order valence-electron chi connectivity index (χ1n) is 9.34. The van der Waals surface area contributed by atoms with Gasteiger partial charge in [-0.05, 0) is 36.8 Å². The Kier molecular flexibility index (Phi) is 8.35. The van der Waals surface area contributed by atoms with E-state index in [1.807, 2.05) is 11.8 Å². The van der Waals surface area contributed by atoms with E-state index in [4.69, 9.17) is 21.7 Å². The minimum Gasteiger partial charge on any atom is -0.460 e. The van der Waals surface area contributed by atoms with Gasteiger partial charge in [0.2, 0.25) is 0 Å². The molecule has 0 aliphatic carbocycles. The van der Waals surface area contributed by atoms with E-state index < -0.39 is 12.0 Å². The molecule has 0 bridgehead atoms. The predicted molar refractivity (Wildman–Crippen MR) is 109 cm³/mol. The fourth-order valence-electron chi connectivity index (χ4n) is 3.14. The number of methoxy groups -OCH3 is 1. The molecular formula is C20H29FN3O3S+. The summed E-state index contributed by atoms with van der Waals surface area (Å²) in [6, 6.07) is 5.60. The molecule has 8 heteroatoms. The van der Waals surface area contributed by atoms with Gasteiger partial charge >= 0.3 is 5.97 Å². The monoisotopic (exact) mass is 410 g/mol. The average molecular weight is 411 g/mol. The van der Waals surface area contributed by atoms with Gasteiger partial charge in [-0.15, -0.1) is 0 Å². The van der Waals surface area contributed by atoms with Crippen LogP contribution in [0.25, 0.3) is 0 Å². The van der Waals surface area contributed by atoms with Crippen LogP contribution < -0.4 is 10.2 Å². The van der Waals surface area contributed by atoms with E-state index in [-0.39, 0.29) is 12.4 Å². The zero-order valence-electron chi connectivity index (χ0n) is 16.9. The number of nitrogens with one attached hydrogen (secondary N) is 2. The molecule has 0 aromatic heterocycles. The van der Waals surface area contributed by atoms with E-state index in [9.17, 15) is 9.18 Å². The molecule has 0 amide bonds. The van der Waals surface area contributed by atoms with Gasteiger partial charge in [0.15, 0.2) is 5.11 Å². The molecule has 1 aromatic rings. The van der Waals surface area contributed by atoms with Gasteiger partial charge < -0.3 is 24.6 Å². The lowest BCUT2D eigenvalue weighted by Gasteiger charge is -2.37. The van der Waals surface area contributed by atoms with Crippen molar-refractivity contribution in [2.45, 2.75) is 19.4 Å². The smallest absolute Gasteiger partial charge is 0.338 e. The van der Waals surface area contributed by atoms with Crippen LogP contribution in [0.5, 0.6) is 0 Å². The molecule has 0 radical (unpaired) electrons. The van der Waals surface area contributed by atoms with E-state index in [0.29, 0.717) is 29.4 Å². The number of hydrogen-bond donors (Lipinski definition) is 2. The number of nitrogens with zero attached hydrogens (tertiary/aromatic N) is 1. The largest absolute Gasteiger partial charge is 0.460 e. The molecule has 0 unspecified atom stereocenters. The highest BCUT2D eigenvalue weighted by Gasteiger charge is 2.34. The van der Waals surface area contributed by atoms with Crippen LogP contribution in [0, 0.1) is 5.82 Å². The lowest BCUT2D eigenvalue weighted by Crippen LogP contribution is -3.05. The maximum Gasteiger partial charge on any atom is 0.338 e. The van der Waals surface area contributed by atoms with Crippen LogP contribution in [-0.2, 0) is 14.3 Å². The third-order valence-corrected chi connectivity index (χ3v) is 4.92. The molecule has 0 fully saturated rings. The Morgan fingerprint density at radius 2 is 2.11 bits per heavy atom. The maximum atomic E-state index is 13.8. The number of hydrogen-bond acceptors (Lipinski definition) is 4. The number of rotatable bonds is 9. The van der Waals surface area contributed by atoms with E-state index in [2.05, 4.69) is 19.4 Å². The van der Waals surface area contributed by atoms with Crippen LogP contribution >= 0.6 is 12.2 Å². The molecule has 2 rings (SSSR count). The SMILES string of the molecule is COCCOC(=O)C1=C(C)N(CCC[NH+](C)C)C(=S)N[C@H]1c1cccc(F)c1. The zero-order valence-corrected chi connectivity index (χ0v) is 17.7. The predicted octanol–water partition coefficient (Wildman–Crippen LogP) is 1.06. The lowest BCUT2D eigenvalue weighted by molar-refractivity contribution is -0.858. The van der Waals surface area contributed by atoms with Gasteiger partial charge in [-0.25, -0.2) is 9.18 Å². The van der Waals surface area contributed by atoms with E-state index in [1.54, 1.807) is 19.2 Å². The molecule has 1 aliphatic heterocycles. The number of thiocarbonyl (C=S) groups is 1. The van der Waals surface area contributed by atoms with Crippen molar-refractivity contribution in [1.29, 1.82) is 0 Å². The summed E-state index contributed by atoms with van der Waals surface area (Å²) < 4.78 is 24.1. The summed E-state index contributed by atoms with van der Waals surface area (Å²) in [7, 11) is 5.73. The molecule has 1 atom stereocenters. The quantitative estimate of drug-likeness (QED) is 0.361. The van der Waals surface area contributed by atoms with Crippen molar-refractivity contribution in [3.8, 4) is 0 Å². The molecule has 2 N–H and O–H groups in total. The van der Waals surface area contributed by atoms with E-state index in [1.165, 1.54) is 17.0 Å². The first kappa shape index (κ1) is 22.3. The zero-order chi connectivity index (χ0) is 20.7. The van der Waals surface area contributed by atoms with Gasteiger partial charge in [0.1, 0.15) is 12.4 Å². The third kappa shape index (κ3) is 5.73. The molecule has 0 saturated heterocycles. The van der Waals surface area contributed by atoms with Crippen LogP contribution in [0.1, 0.15) is 24.9 Å². The van der Waals surface area contributed by atoms with Crippen molar-refractivity contribution in [3.63, 3.8) is 0 Å². The van der Waals surface area contributed by atoms with Crippen LogP contribution in [0.2, 0.25) is 0 Å². The molecule has 0 saturated carbocycles. The second kappa shape index (κ2) is 10.5. The van der Waals surface area contributed by atoms with Gasteiger partial charge in [-0.1, -0.05) is 12.1 Å². The van der Waals surface area contributed by atoms with Crippen LogP contribution in [0.3, 0.4) is 0 Å². The summed E-state index contributed by atoms with van der Waals surface area (Å²) in [5, 5.41) is 3.72. The molecule has 28 heavy (non-hydrogen) atoms. The normalized spacial score (nSPS) is 17.1. The highest BCUT2D eigenvalue weighted by Crippen LogP contribution is 2.31. The van der Waals surface area contributed by atoms with Gasteiger partial charge in [0.05, 0.1) is 38.9 Å². The van der Waals surface area contributed by atoms with Crippen molar-refractivity contribution in [2.24, 2.45) is 0 Å². The molecule has 6 nitrogen and oxygen atoms in total. The summed E-state index contributed by atoms with van der Waals surface area (Å²) in [5.74, 6) is -0.826. The van der Waals surface area contributed by atoms with Crippen molar-refractivity contribution in [1.82, 2.24) is 10.2 Å².